The summed E-state index contributed by atoms with van der Waals surface area (Å²) in [6.07, 6.45) is -1.65. The number of fused-ring (bicyclic) bond motifs is 1. The fraction of sp³-hybridized carbons (Fsp3) is 0.476. The quantitative estimate of drug-likeness (QED) is 0.209. The van der Waals surface area contributed by atoms with Crippen LogP contribution >= 0.6 is 0 Å². The van der Waals surface area contributed by atoms with Gasteiger partial charge in [0.25, 0.3) is 11.9 Å². The van der Waals surface area contributed by atoms with Gasteiger partial charge < -0.3 is 34.8 Å². The number of aryl methyl sites for hydroxylation is 1. The highest BCUT2D eigenvalue weighted by atomic mass is 16.6. The minimum absolute atomic E-state index is 0.164. The second kappa shape index (κ2) is 10.2. The summed E-state index contributed by atoms with van der Waals surface area (Å²) in [5.41, 5.74) is 2.03. The van der Waals surface area contributed by atoms with E-state index in [0.29, 0.717) is 35.8 Å². The van der Waals surface area contributed by atoms with Crippen LogP contribution in [0, 0.1) is 6.92 Å². The molecule has 0 radical (unpaired) electrons. The zero-order valence-electron chi connectivity index (χ0n) is 20.3. The van der Waals surface area contributed by atoms with Crippen molar-refractivity contribution in [1.29, 1.82) is 0 Å². The molecule has 1 aliphatic rings. The van der Waals surface area contributed by atoms with Crippen molar-refractivity contribution >= 4 is 22.9 Å². The average molecular weight is 515 g/mol. The second-order valence-electron chi connectivity index (χ2n) is 8.42. The standard InChI is InChI=1S/C21H26N10O6/c1-10-6-12(37-28-10)7-23-17-13-18(26-21(25-17)31-8-11(27-29-31)4-5-35-3)30(9-24-13)20-15(33)14(32)16(36-20)19(34)22-2/h6,8-9,14-16,20,32-33H,4-5,7H2,1-3H3,(H,22,34)(H,23,25,26)/t14-,15+,16-,20+/m0/s1. The SMILES string of the molecule is CNC(=O)[C@H]1O[C@@H](n2cnc3c(NCc4cc(C)no4)nc(-n4cc(CCOC)nn4)nc32)[C@H](O)[C@@H]1O. The van der Waals surface area contributed by atoms with Gasteiger partial charge in [0.05, 0.1) is 37.1 Å². The van der Waals surface area contributed by atoms with Gasteiger partial charge in [0.2, 0.25) is 0 Å². The molecular weight excluding hydrogens is 488 g/mol. The molecule has 4 atom stereocenters. The van der Waals surface area contributed by atoms with E-state index in [1.807, 2.05) is 6.92 Å². The number of imidazole rings is 1. The van der Waals surface area contributed by atoms with E-state index >= 15 is 0 Å². The number of rotatable bonds is 9. The molecule has 0 spiro atoms. The molecule has 0 aliphatic carbocycles. The van der Waals surface area contributed by atoms with Crippen LogP contribution in [0.5, 0.6) is 0 Å². The third kappa shape index (κ3) is 4.74. The summed E-state index contributed by atoms with van der Waals surface area (Å²) in [7, 11) is 3.01. The summed E-state index contributed by atoms with van der Waals surface area (Å²) in [4.78, 5) is 25.7. The van der Waals surface area contributed by atoms with E-state index < -0.39 is 30.4 Å². The number of carbonyl (C=O) groups is 1. The van der Waals surface area contributed by atoms with E-state index in [9.17, 15) is 15.0 Å². The van der Waals surface area contributed by atoms with Gasteiger partial charge in [-0.15, -0.1) is 5.10 Å². The van der Waals surface area contributed by atoms with Crippen LogP contribution in [0.2, 0.25) is 0 Å². The molecule has 5 rings (SSSR count). The van der Waals surface area contributed by atoms with Crippen LogP contribution in [0.3, 0.4) is 0 Å². The summed E-state index contributed by atoms with van der Waals surface area (Å²) < 4.78 is 18.9. The first-order valence-corrected chi connectivity index (χ1v) is 11.4. The lowest BCUT2D eigenvalue weighted by molar-refractivity contribution is -0.137. The van der Waals surface area contributed by atoms with Crippen LogP contribution in [0.4, 0.5) is 5.82 Å². The molecule has 0 saturated carbocycles. The van der Waals surface area contributed by atoms with Crippen LogP contribution in [0.25, 0.3) is 17.1 Å². The zero-order chi connectivity index (χ0) is 26.1. The first-order chi connectivity index (χ1) is 17.9. The molecule has 196 valence electrons. The van der Waals surface area contributed by atoms with Gasteiger partial charge in [-0.05, 0) is 6.92 Å². The minimum atomic E-state index is -1.45. The van der Waals surface area contributed by atoms with Crippen molar-refractivity contribution in [3.63, 3.8) is 0 Å². The maximum absolute atomic E-state index is 12.1. The first kappa shape index (κ1) is 24.7. The number of likely N-dealkylation sites (N-methyl/N-ethyl adjacent to an activating group) is 1. The number of nitrogens with one attached hydrogen (secondary N) is 2. The molecule has 1 saturated heterocycles. The molecule has 4 aromatic heterocycles. The van der Waals surface area contributed by atoms with E-state index in [4.69, 9.17) is 14.0 Å². The van der Waals surface area contributed by atoms with Gasteiger partial charge in [-0.3, -0.25) is 9.36 Å². The van der Waals surface area contributed by atoms with Gasteiger partial charge in [-0.25, -0.2) is 4.98 Å². The molecular formula is C21H26N10O6. The van der Waals surface area contributed by atoms with Crippen molar-refractivity contribution in [3.8, 4) is 5.95 Å². The Morgan fingerprint density at radius 2 is 2.11 bits per heavy atom. The fourth-order valence-corrected chi connectivity index (χ4v) is 3.95. The van der Waals surface area contributed by atoms with E-state index in [1.54, 1.807) is 19.4 Å². The molecule has 0 unspecified atom stereocenters. The molecule has 1 fully saturated rings. The van der Waals surface area contributed by atoms with Crippen molar-refractivity contribution in [3.05, 3.63) is 35.7 Å². The molecule has 37 heavy (non-hydrogen) atoms. The molecule has 1 amide bonds. The number of aliphatic hydroxyl groups is 2. The molecule has 16 nitrogen and oxygen atoms in total. The highest BCUT2D eigenvalue weighted by Crippen LogP contribution is 2.33. The van der Waals surface area contributed by atoms with E-state index in [2.05, 4.69) is 41.1 Å². The van der Waals surface area contributed by atoms with Gasteiger partial charge >= 0.3 is 0 Å². The molecule has 5 heterocycles. The van der Waals surface area contributed by atoms with Crippen molar-refractivity contribution in [1.82, 2.24) is 45.0 Å². The number of hydrogen-bond donors (Lipinski definition) is 4. The smallest absolute Gasteiger partial charge is 0.256 e. The highest BCUT2D eigenvalue weighted by molar-refractivity contribution is 5.84. The topological polar surface area (TPSA) is 200 Å². The summed E-state index contributed by atoms with van der Waals surface area (Å²) in [6, 6.07) is 1.79. The Labute approximate surface area is 209 Å². The van der Waals surface area contributed by atoms with Crippen LogP contribution < -0.4 is 10.6 Å². The maximum atomic E-state index is 12.1. The second-order valence-corrected chi connectivity index (χ2v) is 8.42. The fourth-order valence-electron chi connectivity index (χ4n) is 3.95. The average Bonchev–Trinajstić information content (AvgIpc) is 3.69. The Bertz CT molecular complexity index is 1400. The van der Waals surface area contributed by atoms with E-state index in [-0.39, 0.29) is 18.1 Å². The van der Waals surface area contributed by atoms with Crippen molar-refractivity contribution < 1.29 is 29.0 Å². The van der Waals surface area contributed by atoms with Gasteiger partial charge in [0.1, 0.15) is 12.2 Å². The number of aliphatic hydroxyl groups excluding tert-OH is 2. The van der Waals surface area contributed by atoms with Gasteiger partial charge in [-0.2, -0.15) is 14.6 Å². The minimum Gasteiger partial charge on any atom is -0.387 e. The first-order valence-electron chi connectivity index (χ1n) is 11.4. The third-order valence-electron chi connectivity index (χ3n) is 5.84. The number of anilines is 1. The lowest BCUT2D eigenvalue weighted by Gasteiger charge is -2.17. The molecule has 1 aliphatic heterocycles. The van der Waals surface area contributed by atoms with Gasteiger partial charge in [-0.1, -0.05) is 10.4 Å². The molecule has 4 N–H and O–H groups in total. The Morgan fingerprint density at radius 1 is 1.27 bits per heavy atom. The maximum Gasteiger partial charge on any atom is 0.256 e. The number of hydrogen-bond acceptors (Lipinski definition) is 13. The molecule has 4 aromatic rings. The van der Waals surface area contributed by atoms with Crippen molar-refractivity contribution in [2.24, 2.45) is 0 Å². The van der Waals surface area contributed by atoms with Crippen LogP contribution in [-0.2, 0) is 27.2 Å². The number of methoxy groups -OCH3 is 1. The summed E-state index contributed by atoms with van der Waals surface area (Å²) in [6.45, 7) is 2.55. The van der Waals surface area contributed by atoms with E-state index in [1.165, 1.54) is 22.6 Å². The monoisotopic (exact) mass is 514 g/mol. The number of aromatic nitrogens is 8. The van der Waals surface area contributed by atoms with Crippen LogP contribution in [-0.4, -0.2) is 94.9 Å². The number of amides is 1. The Kier molecular flexibility index (Phi) is 6.79. The molecule has 0 aromatic carbocycles. The Hall–Kier alpha value is -3.99. The number of ether oxygens (including phenoxy) is 2. The zero-order valence-corrected chi connectivity index (χ0v) is 20.3. The van der Waals surface area contributed by atoms with Crippen LogP contribution in [0.1, 0.15) is 23.4 Å². The lowest BCUT2D eigenvalue weighted by Crippen LogP contribution is -2.41. The normalized spacial score (nSPS) is 21.5. The lowest BCUT2D eigenvalue weighted by atomic mass is 10.1. The Morgan fingerprint density at radius 3 is 2.84 bits per heavy atom. The van der Waals surface area contributed by atoms with Crippen molar-refractivity contribution in [2.45, 2.75) is 44.4 Å². The van der Waals surface area contributed by atoms with Crippen molar-refractivity contribution in [2.75, 3.05) is 26.1 Å². The third-order valence-corrected chi connectivity index (χ3v) is 5.84. The molecule has 16 heteroatoms. The van der Waals surface area contributed by atoms with E-state index in [0.717, 1.165) is 5.69 Å². The number of carbonyl (C=O) groups excluding carboxylic acids is 1. The summed E-state index contributed by atoms with van der Waals surface area (Å²) in [5.74, 6) is 0.527. The predicted molar refractivity (Wildman–Crippen MR) is 124 cm³/mol. The summed E-state index contributed by atoms with van der Waals surface area (Å²) in [5, 5.41) is 38.8. The highest BCUT2D eigenvalue weighted by Gasteiger charge is 2.47. The van der Waals surface area contributed by atoms with Gasteiger partial charge in [0, 0.05) is 26.6 Å². The van der Waals surface area contributed by atoms with Crippen LogP contribution in [0.15, 0.2) is 23.1 Å². The molecule has 0 bridgehead atoms. The predicted octanol–water partition coefficient (Wildman–Crippen LogP) is -1.13. The largest absolute Gasteiger partial charge is 0.387 e. The summed E-state index contributed by atoms with van der Waals surface area (Å²) >= 11 is 0. The Balaban J connectivity index is 1.54. The van der Waals surface area contributed by atoms with Gasteiger partial charge in [0.15, 0.2) is 35.1 Å². The number of nitrogens with zero attached hydrogens (tertiary/aromatic N) is 8.